The van der Waals surface area contributed by atoms with Gasteiger partial charge in [0, 0.05) is 0 Å². The maximum absolute atomic E-state index is 11.6. The van der Waals surface area contributed by atoms with Crippen LogP contribution in [0.25, 0.3) is 0 Å². The first kappa shape index (κ1) is 11.7. The zero-order valence-electron chi connectivity index (χ0n) is 8.97. The van der Waals surface area contributed by atoms with Crippen LogP contribution in [0.5, 0.6) is 0 Å². The molecule has 0 heterocycles. The van der Waals surface area contributed by atoms with Gasteiger partial charge in [0.2, 0.25) is 0 Å². The fourth-order valence-corrected chi connectivity index (χ4v) is 1.77. The molecule has 1 rings (SSSR count). The van der Waals surface area contributed by atoms with E-state index in [2.05, 4.69) is 4.18 Å². The Morgan fingerprint density at radius 3 is 2.20 bits per heavy atom. The Morgan fingerprint density at radius 2 is 1.73 bits per heavy atom. The maximum atomic E-state index is 11.6. The number of aryl methyl sites for hydroxylation is 1. The van der Waals surface area contributed by atoms with Crippen LogP contribution in [0.3, 0.4) is 0 Å². The molecule has 0 N–H and O–H groups in total. The van der Waals surface area contributed by atoms with Gasteiger partial charge in [-0.3, -0.25) is 0 Å². The van der Waals surface area contributed by atoms with Crippen molar-refractivity contribution >= 4 is 16.5 Å². The molecular weight excluding hydrogens is 214 g/mol. The molecule has 0 saturated carbocycles. The summed E-state index contributed by atoms with van der Waals surface area (Å²) in [6.07, 6.45) is 1.15. The molecule has 1 aromatic carbocycles. The highest BCUT2D eigenvalue weighted by Gasteiger charge is 2.15. The lowest BCUT2D eigenvalue weighted by Crippen LogP contribution is -2.10. The minimum atomic E-state index is -3.67. The zero-order valence-corrected chi connectivity index (χ0v) is 9.78. The van der Waals surface area contributed by atoms with Crippen LogP contribution in [0.2, 0.25) is 0 Å². The summed E-state index contributed by atoms with van der Waals surface area (Å²) in [5.74, 6) is 0. The number of hydrogen-bond donors (Lipinski definition) is 0. The van der Waals surface area contributed by atoms with Crippen molar-refractivity contribution < 1.29 is 17.2 Å². The van der Waals surface area contributed by atoms with Crippen LogP contribution in [0.4, 0.5) is 0 Å². The second kappa shape index (κ2) is 4.44. The van der Waals surface area contributed by atoms with E-state index in [9.17, 15) is 8.42 Å². The fourth-order valence-electron chi connectivity index (χ4n) is 0.903. The van der Waals surface area contributed by atoms with Crippen LogP contribution in [-0.2, 0) is 14.3 Å². The fraction of sp³-hybridized carbons (Fsp3) is 0.300. The minimum absolute atomic E-state index is 0.159. The normalized spacial score (nSPS) is 10.9. The third kappa shape index (κ3) is 3.36. The molecule has 0 fully saturated rings. The largest absolute Gasteiger partial charge is 0.343 e. The van der Waals surface area contributed by atoms with E-state index < -0.39 is 10.1 Å². The molecule has 0 radical (unpaired) electrons. The molecule has 0 unspecified atom stereocenters. The summed E-state index contributed by atoms with van der Waals surface area (Å²) >= 11 is 0. The third-order valence-corrected chi connectivity index (χ3v) is 2.88. The van der Waals surface area contributed by atoms with Gasteiger partial charge < -0.3 is 4.18 Å². The van der Waals surface area contributed by atoms with Crippen LogP contribution >= 0.6 is 0 Å². The van der Waals surface area contributed by atoms with Gasteiger partial charge >= 0.3 is 16.5 Å². The molecule has 5 heteroatoms. The molecule has 82 valence electrons. The molecule has 0 atom stereocenters. The van der Waals surface area contributed by atoms with E-state index in [-0.39, 0.29) is 4.90 Å². The molecular formula is C10H14NO3S+. The number of nitrogens with zero attached hydrogens (tertiary/aromatic N) is 1. The Hall–Kier alpha value is -1.36. The molecule has 0 aliphatic rings. The molecule has 15 heavy (non-hydrogen) atoms. The maximum Gasteiger partial charge on any atom is 0.343 e. The van der Waals surface area contributed by atoms with Crippen LogP contribution in [-0.4, -0.2) is 33.5 Å². The third-order valence-electron chi connectivity index (χ3n) is 1.69. The van der Waals surface area contributed by atoms with Gasteiger partial charge in [0.05, 0.1) is 0 Å². The van der Waals surface area contributed by atoms with Crippen molar-refractivity contribution in [2.75, 3.05) is 14.1 Å². The average Bonchev–Trinajstić information content (AvgIpc) is 2.16. The molecule has 0 aliphatic heterocycles. The van der Waals surface area contributed by atoms with Crippen molar-refractivity contribution in [1.82, 2.24) is 0 Å². The van der Waals surface area contributed by atoms with E-state index in [0.717, 1.165) is 12.0 Å². The zero-order chi connectivity index (χ0) is 11.5. The lowest BCUT2D eigenvalue weighted by molar-refractivity contribution is -0.466. The molecule has 4 nitrogen and oxygen atoms in total. The minimum Gasteiger partial charge on any atom is -0.326 e. The highest BCUT2D eigenvalue weighted by atomic mass is 32.2. The second-order valence-corrected chi connectivity index (χ2v) is 5.00. The number of hydrogen-bond acceptors (Lipinski definition) is 3. The van der Waals surface area contributed by atoms with E-state index in [1.807, 2.05) is 6.92 Å². The van der Waals surface area contributed by atoms with Gasteiger partial charge in [0.25, 0.3) is 0 Å². The predicted octanol–water partition coefficient (Wildman–Crippen LogP) is 1.00. The first-order valence-electron chi connectivity index (χ1n) is 4.41. The SMILES string of the molecule is Cc1ccc(S(=O)(=O)OC=[N+](C)C)cc1. The van der Waals surface area contributed by atoms with Crippen LogP contribution in [0.15, 0.2) is 29.2 Å². The highest BCUT2D eigenvalue weighted by Crippen LogP contribution is 2.11. The molecule has 0 bridgehead atoms. The summed E-state index contributed by atoms with van der Waals surface area (Å²) in [4.78, 5) is 0.159. The van der Waals surface area contributed by atoms with Crippen molar-refractivity contribution in [2.45, 2.75) is 11.8 Å². The Bertz CT molecular complexity index is 456. The van der Waals surface area contributed by atoms with Gasteiger partial charge in [-0.15, -0.1) is 0 Å². The number of rotatable bonds is 3. The van der Waals surface area contributed by atoms with Crippen LogP contribution in [0.1, 0.15) is 5.56 Å². The van der Waals surface area contributed by atoms with Crippen molar-refractivity contribution in [1.29, 1.82) is 0 Å². The lowest BCUT2D eigenvalue weighted by atomic mass is 10.2. The Labute approximate surface area is 89.9 Å². The van der Waals surface area contributed by atoms with Crippen LogP contribution in [0, 0.1) is 6.92 Å². The van der Waals surface area contributed by atoms with Crippen LogP contribution < -0.4 is 0 Å². The standard InChI is InChI=1S/C10H14NO3S/c1-9-4-6-10(7-5-9)15(12,13)14-8-11(2)3/h4-8H,1-3H3/q+1. The van der Waals surface area contributed by atoms with Gasteiger partial charge in [-0.05, 0) is 19.1 Å². The summed E-state index contributed by atoms with van der Waals surface area (Å²) < 4.78 is 29.3. The van der Waals surface area contributed by atoms with Gasteiger partial charge in [-0.1, -0.05) is 17.7 Å². The summed E-state index contributed by atoms with van der Waals surface area (Å²) in [7, 11) is -0.299. The smallest absolute Gasteiger partial charge is 0.326 e. The van der Waals surface area contributed by atoms with E-state index in [0.29, 0.717) is 0 Å². The summed E-state index contributed by atoms with van der Waals surface area (Å²) in [5.41, 5.74) is 1.01. The quantitative estimate of drug-likeness (QED) is 0.335. The Kier molecular flexibility index (Phi) is 3.47. The molecule has 0 saturated heterocycles. The average molecular weight is 228 g/mol. The van der Waals surface area contributed by atoms with Gasteiger partial charge in [-0.25, -0.2) is 4.58 Å². The van der Waals surface area contributed by atoms with E-state index in [1.54, 1.807) is 26.2 Å². The predicted molar refractivity (Wildman–Crippen MR) is 57.6 cm³/mol. The summed E-state index contributed by atoms with van der Waals surface area (Å²) in [6, 6.07) is 6.50. The molecule has 0 aromatic heterocycles. The first-order chi connectivity index (χ1) is 6.92. The topological polar surface area (TPSA) is 46.4 Å². The lowest BCUT2D eigenvalue weighted by Gasteiger charge is -2.01. The Morgan fingerprint density at radius 1 is 1.20 bits per heavy atom. The van der Waals surface area contributed by atoms with E-state index >= 15 is 0 Å². The van der Waals surface area contributed by atoms with Gasteiger partial charge in [-0.2, -0.15) is 8.42 Å². The summed E-state index contributed by atoms with van der Waals surface area (Å²) in [6.45, 7) is 1.89. The highest BCUT2D eigenvalue weighted by molar-refractivity contribution is 7.87. The van der Waals surface area contributed by atoms with Crippen molar-refractivity contribution in [3.8, 4) is 0 Å². The van der Waals surface area contributed by atoms with Crippen molar-refractivity contribution in [3.05, 3.63) is 29.8 Å². The number of benzene rings is 1. The van der Waals surface area contributed by atoms with E-state index in [4.69, 9.17) is 0 Å². The summed E-state index contributed by atoms with van der Waals surface area (Å²) in [5, 5.41) is 0. The van der Waals surface area contributed by atoms with Gasteiger partial charge in [0.1, 0.15) is 19.0 Å². The molecule has 0 aliphatic carbocycles. The van der Waals surface area contributed by atoms with Crippen molar-refractivity contribution in [2.24, 2.45) is 0 Å². The monoisotopic (exact) mass is 228 g/mol. The van der Waals surface area contributed by atoms with Crippen molar-refractivity contribution in [3.63, 3.8) is 0 Å². The molecule has 0 spiro atoms. The second-order valence-electron chi connectivity index (χ2n) is 3.43. The molecule has 1 aromatic rings. The van der Waals surface area contributed by atoms with E-state index in [1.165, 1.54) is 16.7 Å². The first-order valence-corrected chi connectivity index (χ1v) is 5.82. The van der Waals surface area contributed by atoms with Gasteiger partial charge in [0.15, 0.2) is 0 Å². The molecule has 0 amide bonds. The Balaban J connectivity index is 2.97.